The number of carbonyl (C=O) groups excluding carboxylic acids is 1. The Kier molecular flexibility index (Phi) is 3.23. The van der Waals surface area contributed by atoms with E-state index in [0.29, 0.717) is 5.82 Å². The van der Waals surface area contributed by atoms with Gasteiger partial charge in [-0.2, -0.15) is 0 Å². The molecule has 0 atom stereocenters. The van der Waals surface area contributed by atoms with Crippen molar-refractivity contribution in [3.63, 3.8) is 0 Å². The van der Waals surface area contributed by atoms with E-state index in [9.17, 15) is 9.18 Å². The van der Waals surface area contributed by atoms with Crippen molar-refractivity contribution in [3.8, 4) is 0 Å². The molecule has 1 heterocycles. The van der Waals surface area contributed by atoms with Crippen LogP contribution in [0.1, 0.15) is 15.9 Å². The molecule has 0 fully saturated rings. The van der Waals surface area contributed by atoms with Gasteiger partial charge in [-0.1, -0.05) is 0 Å². The molecule has 4 N–H and O–H groups in total. The SMILES string of the molecule is Nc1cc(CC(=O)c2cc(F)ccc2N)ccn1. The lowest BCUT2D eigenvalue weighted by molar-refractivity contribution is 0.0993. The Labute approximate surface area is 103 Å². The largest absolute Gasteiger partial charge is 0.398 e. The molecule has 18 heavy (non-hydrogen) atoms. The predicted molar refractivity (Wildman–Crippen MR) is 67.5 cm³/mol. The Morgan fingerprint density at radius 1 is 1.22 bits per heavy atom. The molecular formula is C13H12FN3O. The van der Waals surface area contributed by atoms with Crippen molar-refractivity contribution in [1.29, 1.82) is 0 Å². The second-order valence-electron chi connectivity index (χ2n) is 3.92. The van der Waals surface area contributed by atoms with Gasteiger partial charge in [0.1, 0.15) is 11.6 Å². The summed E-state index contributed by atoms with van der Waals surface area (Å²) in [6.07, 6.45) is 1.63. The molecule has 0 unspecified atom stereocenters. The van der Waals surface area contributed by atoms with Gasteiger partial charge in [0, 0.05) is 23.9 Å². The number of carbonyl (C=O) groups is 1. The van der Waals surface area contributed by atoms with E-state index in [1.807, 2.05) is 0 Å². The second-order valence-corrected chi connectivity index (χ2v) is 3.92. The molecule has 0 saturated carbocycles. The van der Waals surface area contributed by atoms with Gasteiger partial charge < -0.3 is 11.5 Å². The van der Waals surface area contributed by atoms with Crippen LogP contribution in [0, 0.1) is 5.82 Å². The summed E-state index contributed by atoms with van der Waals surface area (Å²) in [5, 5.41) is 0. The molecule has 0 spiro atoms. The van der Waals surface area contributed by atoms with E-state index in [2.05, 4.69) is 4.98 Å². The summed E-state index contributed by atoms with van der Waals surface area (Å²) in [4.78, 5) is 15.8. The summed E-state index contributed by atoms with van der Waals surface area (Å²) < 4.78 is 13.1. The molecule has 0 saturated heterocycles. The van der Waals surface area contributed by atoms with Crippen LogP contribution in [0.25, 0.3) is 0 Å². The van der Waals surface area contributed by atoms with Gasteiger partial charge in [-0.3, -0.25) is 4.79 Å². The van der Waals surface area contributed by atoms with Crippen molar-refractivity contribution < 1.29 is 9.18 Å². The number of benzene rings is 1. The third kappa shape index (κ3) is 2.63. The highest BCUT2D eigenvalue weighted by Gasteiger charge is 2.12. The number of Topliss-reactive ketones (excluding diaryl/α,β-unsaturated/α-hetero) is 1. The van der Waals surface area contributed by atoms with E-state index >= 15 is 0 Å². The fourth-order valence-corrected chi connectivity index (χ4v) is 1.65. The zero-order valence-corrected chi connectivity index (χ0v) is 9.56. The molecule has 0 bridgehead atoms. The minimum absolute atomic E-state index is 0.111. The molecular weight excluding hydrogens is 233 g/mol. The quantitative estimate of drug-likeness (QED) is 0.638. The second kappa shape index (κ2) is 4.83. The number of anilines is 2. The first-order valence-electron chi connectivity index (χ1n) is 5.35. The highest BCUT2D eigenvalue weighted by molar-refractivity contribution is 6.01. The summed E-state index contributed by atoms with van der Waals surface area (Å²) in [5.41, 5.74) is 12.3. The lowest BCUT2D eigenvalue weighted by Gasteiger charge is -2.05. The molecule has 0 aliphatic rings. The molecule has 5 heteroatoms. The zero-order chi connectivity index (χ0) is 13.1. The number of pyridine rings is 1. The van der Waals surface area contributed by atoms with Crippen molar-refractivity contribution in [2.75, 3.05) is 11.5 Å². The highest BCUT2D eigenvalue weighted by Crippen LogP contribution is 2.16. The average molecular weight is 245 g/mol. The molecule has 0 aliphatic carbocycles. The molecule has 1 aromatic carbocycles. The molecule has 92 valence electrons. The van der Waals surface area contributed by atoms with Crippen LogP contribution in [0.2, 0.25) is 0 Å². The van der Waals surface area contributed by atoms with Crippen LogP contribution in [-0.2, 0) is 6.42 Å². The number of nitrogens with two attached hydrogens (primary N) is 2. The maximum Gasteiger partial charge on any atom is 0.169 e. The number of halogens is 1. The summed E-state index contributed by atoms with van der Waals surface area (Å²) in [6.45, 7) is 0. The first-order chi connectivity index (χ1) is 8.56. The number of ketones is 1. The van der Waals surface area contributed by atoms with Crippen LogP contribution in [0.15, 0.2) is 36.5 Å². The van der Waals surface area contributed by atoms with E-state index in [4.69, 9.17) is 11.5 Å². The minimum Gasteiger partial charge on any atom is -0.398 e. The molecule has 4 nitrogen and oxygen atoms in total. The van der Waals surface area contributed by atoms with Crippen molar-refractivity contribution >= 4 is 17.3 Å². The monoisotopic (exact) mass is 245 g/mol. The van der Waals surface area contributed by atoms with Crippen LogP contribution in [-0.4, -0.2) is 10.8 Å². The first-order valence-corrected chi connectivity index (χ1v) is 5.35. The number of aromatic nitrogens is 1. The number of hydrogen-bond acceptors (Lipinski definition) is 4. The Morgan fingerprint density at radius 2 is 2.00 bits per heavy atom. The van der Waals surface area contributed by atoms with E-state index in [1.54, 1.807) is 12.1 Å². The molecule has 0 amide bonds. The molecule has 0 radical (unpaired) electrons. The smallest absolute Gasteiger partial charge is 0.169 e. The van der Waals surface area contributed by atoms with E-state index in [1.165, 1.54) is 18.3 Å². The summed E-state index contributed by atoms with van der Waals surface area (Å²) in [5.74, 6) is -0.396. The Morgan fingerprint density at radius 3 is 2.72 bits per heavy atom. The minimum atomic E-state index is -0.484. The summed E-state index contributed by atoms with van der Waals surface area (Å²) in [7, 11) is 0. The Hall–Kier alpha value is -2.43. The van der Waals surface area contributed by atoms with Gasteiger partial charge in [0.15, 0.2) is 5.78 Å². The van der Waals surface area contributed by atoms with Crippen LogP contribution < -0.4 is 11.5 Å². The van der Waals surface area contributed by atoms with Crippen molar-refractivity contribution in [1.82, 2.24) is 4.98 Å². The van der Waals surface area contributed by atoms with E-state index in [-0.39, 0.29) is 23.5 Å². The molecule has 0 aliphatic heterocycles. The Balaban J connectivity index is 2.24. The standard InChI is InChI=1S/C13H12FN3O/c14-9-1-2-11(15)10(7-9)12(18)5-8-3-4-17-13(16)6-8/h1-4,6-7H,5,15H2,(H2,16,17). The fraction of sp³-hybridized carbons (Fsp3) is 0.0769. The fourth-order valence-electron chi connectivity index (χ4n) is 1.65. The van der Waals surface area contributed by atoms with E-state index in [0.717, 1.165) is 11.6 Å². The van der Waals surface area contributed by atoms with Gasteiger partial charge in [0.05, 0.1) is 0 Å². The number of nitrogen functional groups attached to an aromatic ring is 2. The topological polar surface area (TPSA) is 82.0 Å². The maximum absolute atomic E-state index is 13.1. The first kappa shape index (κ1) is 12.0. The van der Waals surface area contributed by atoms with Crippen LogP contribution in [0.4, 0.5) is 15.9 Å². The third-order valence-electron chi connectivity index (χ3n) is 2.53. The van der Waals surface area contributed by atoms with Gasteiger partial charge in [-0.05, 0) is 35.9 Å². The van der Waals surface area contributed by atoms with Gasteiger partial charge in [0.2, 0.25) is 0 Å². The van der Waals surface area contributed by atoms with Crippen molar-refractivity contribution in [2.24, 2.45) is 0 Å². The lowest BCUT2D eigenvalue weighted by Crippen LogP contribution is -2.08. The van der Waals surface area contributed by atoms with Crippen LogP contribution in [0.5, 0.6) is 0 Å². The zero-order valence-electron chi connectivity index (χ0n) is 9.56. The molecule has 2 rings (SSSR count). The van der Waals surface area contributed by atoms with Gasteiger partial charge in [-0.15, -0.1) is 0 Å². The predicted octanol–water partition coefficient (Wildman–Crippen LogP) is 1.81. The molecule has 2 aromatic rings. The Bertz CT molecular complexity index is 599. The van der Waals surface area contributed by atoms with Crippen LogP contribution >= 0.6 is 0 Å². The summed E-state index contributed by atoms with van der Waals surface area (Å²) >= 11 is 0. The normalized spacial score (nSPS) is 10.3. The maximum atomic E-state index is 13.1. The third-order valence-corrected chi connectivity index (χ3v) is 2.53. The van der Waals surface area contributed by atoms with Crippen molar-refractivity contribution in [2.45, 2.75) is 6.42 Å². The van der Waals surface area contributed by atoms with Gasteiger partial charge in [0.25, 0.3) is 0 Å². The lowest BCUT2D eigenvalue weighted by atomic mass is 10.0. The van der Waals surface area contributed by atoms with Crippen molar-refractivity contribution in [3.05, 3.63) is 53.5 Å². The molecule has 1 aromatic heterocycles. The van der Waals surface area contributed by atoms with Crippen LogP contribution in [0.3, 0.4) is 0 Å². The average Bonchev–Trinajstić information content (AvgIpc) is 2.32. The number of hydrogen-bond donors (Lipinski definition) is 2. The highest BCUT2D eigenvalue weighted by atomic mass is 19.1. The number of rotatable bonds is 3. The summed E-state index contributed by atoms with van der Waals surface area (Å²) in [6, 6.07) is 7.03. The van der Waals surface area contributed by atoms with E-state index < -0.39 is 5.82 Å². The van der Waals surface area contributed by atoms with Gasteiger partial charge >= 0.3 is 0 Å². The van der Waals surface area contributed by atoms with Gasteiger partial charge in [-0.25, -0.2) is 9.37 Å². The number of nitrogens with zero attached hydrogens (tertiary/aromatic N) is 1.